The normalized spacial score (nSPS) is 12.9. The maximum Gasteiger partial charge on any atom is 0.422 e. The predicted octanol–water partition coefficient (Wildman–Crippen LogP) is 3.79. The fourth-order valence-corrected chi connectivity index (χ4v) is 3.67. The molecule has 0 saturated heterocycles. The van der Waals surface area contributed by atoms with Crippen molar-refractivity contribution in [3.8, 4) is 5.75 Å². The van der Waals surface area contributed by atoms with Gasteiger partial charge in [0.25, 0.3) is 10.0 Å². The van der Waals surface area contributed by atoms with Crippen LogP contribution in [0.2, 0.25) is 0 Å². The Hall–Kier alpha value is -2.44. The van der Waals surface area contributed by atoms with Crippen molar-refractivity contribution in [1.82, 2.24) is 10.2 Å². The first-order valence-corrected chi connectivity index (χ1v) is 8.64. The number of H-pyrrole nitrogens is 1. The van der Waals surface area contributed by atoms with Crippen molar-refractivity contribution in [3.05, 3.63) is 35.2 Å². The number of halogens is 6. The molecule has 1 heterocycles. The van der Waals surface area contributed by atoms with Gasteiger partial charge in [0.1, 0.15) is 10.6 Å². The standard InChI is InChI=1S/C14H13F6N3O3S/c1-7-12(8(2)22-21-7)27(24,25)23-9-3-4-11(26-6-13(15,16)17)10(5-9)14(18,19)20/h3-5,23H,6H2,1-2H3,(H,21,22). The first-order valence-electron chi connectivity index (χ1n) is 7.16. The number of aromatic nitrogens is 2. The lowest BCUT2D eigenvalue weighted by atomic mass is 10.1. The van der Waals surface area contributed by atoms with E-state index in [0.29, 0.717) is 12.1 Å². The Bertz CT molecular complexity index is 915. The van der Waals surface area contributed by atoms with E-state index in [1.54, 1.807) is 0 Å². The summed E-state index contributed by atoms with van der Waals surface area (Å²) in [4.78, 5) is -0.242. The Labute approximate surface area is 149 Å². The van der Waals surface area contributed by atoms with E-state index < -0.39 is 46.0 Å². The second kappa shape index (κ2) is 6.94. The summed E-state index contributed by atoms with van der Waals surface area (Å²) in [6.07, 6.45) is -9.90. The van der Waals surface area contributed by atoms with Gasteiger partial charge in [0.2, 0.25) is 0 Å². The Morgan fingerprint density at radius 2 is 1.78 bits per heavy atom. The van der Waals surface area contributed by atoms with Crippen LogP contribution in [0.3, 0.4) is 0 Å². The fourth-order valence-electron chi connectivity index (χ4n) is 2.24. The summed E-state index contributed by atoms with van der Waals surface area (Å²) in [6.45, 7) is 0.867. The smallest absolute Gasteiger partial charge is 0.422 e. The van der Waals surface area contributed by atoms with Gasteiger partial charge in [-0.2, -0.15) is 31.4 Å². The second-order valence-electron chi connectivity index (χ2n) is 5.48. The molecule has 0 spiro atoms. The molecule has 0 aliphatic heterocycles. The van der Waals surface area contributed by atoms with E-state index in [9.17, 15) is 34.8 Å². The third kappa shape index (κ3) is 5.05. The molecule has 150 valence electrons. The minimum Gasteiger partial charge on any atom is -0.483 e. The summed E-state index contributed by atoms with van der Waals surface area (Å²) < 4.78 is 107. The molecule has 0 saturated carbocycles. The van der Waals surface area contributed by atoms with Crippen LogP contribution in [0.1, 0.15) is 17.0 Å². The molecule has 1 aromatic heterocycles. The number of hydrogen-bond acceptors (Lipinski definition) is 4. The van der Waals surface area contributed by atoms with E-state index in [1.807, 2.05) is 4.72 Å². The number of sulfonamides is 1. The van der Waals surface area contributed by atoms with E-state index >= 15 is 0 Å². The van der Waals surface area contributed by atoms with Crippen molar-refractivity contribution < 1.29 is 39.5 Å². The molecule has 2 N–H and O–H groups in total. The minimum absolute atomic E-state index is 0.0983. The quantitative estimate of drug-likeness (QED) is 0.726. The van der Waals surface area contributed by atoms with E-state index in [0.717, 1.165) is 6.07 Å². The summed E-state index contributed by atoms with van der Waals surface area (Å²) >= 11 is 0. The lowest BCUT2D eigenvalue weighted by Crippen LogP contribution is -2.21. The molecule has 0 bridgehead atoms. The number of anilines is 1. The number of nitrogens with zero attached hydrogens (tertiary/aromatic N) is 1. The fraction of sp³-hybridized carbons (Fsp3) is 0.357. The molecule has 0 unspecified atom stereocenters. The van der Waals surface area contributed by atoms with Crippen LogP contribution in [0.15, 0.2) is 23.1 Å². The number of aryl methyl sites for hydroxylation is 2. The highest BCUT2D eigenvalue weighted by Crippen LogP contribution is 2.39. The third-order valence-electron chi connectivity index (χ3n) is 3.26. The molecule has 0 amide bonds. The molecule has 1 aromatic carbocycles. The largest absolute Gasteiger partial charge is 0.483 e. The second-order valence-corrected chi connectivity index (χ2v) is 7.10. The molecule has 0 radical (unpaired) electrons. The average molecular weight is 417 g/mol. The van der Waals surface area contributed by atoms with Gasteiger partial charge in [-0.15, -0.1) is 0 Å². The Morgan fingerprint density at radius 3 is 2.26 bits per heavy atom. The van der Waals surface area contributed by atoms with Gasteiger partial charge < -0.3 is 4.74 Å². The lowest BCUT2D eigenvalue weighted by molar-refractivity contribution is -0.158. The third-order valence-corrected chi connectivity index (χ3v) is 4.90. The van der Waals surface area contributed by atoms with Gasteiger partial charge in [-0.05, 0) is 32.0 Å². The van der Waals surface area contributed by atoms with E-state index in [2.05, 4.69) is 14.9 Å². The van der Waals surface area contributed by atoms with Crippen LogP contribution in [-0.4, -0.2) is 31.4 Å². The van der Waals surface area contributed by atoms with Crippen LogP contribution < -0.4 is 9.46 Å². The van der Waals surface area contributed by atoms with E-state index in [1.165, 1.54) is 13.8 Å². The molecule has 6 nitrogen and oxygen atoms in total. The summed E-state index contributed by atoms with van der Waals surface area (Å²) in [5.74, 6) is -1.07. The van der Waals surface area contributed by atoms with E-state index in [4.69, 9.17) is 0 Å². The molecular formula is C14H13F6N3O3S. The van der Waals surface area contributed by atoms with Gasteiger partial charge >= 0.3 is 12.4 Å². The Morgan fingerprint density at radius 1 is 1.15 bits per heavy atom. The predicted molar refractivity (Wildman–Crippen MR) is 81.9 cm³/mol. The summed E-state index contributed by atoms with van der Waals surface area (Å²) in [5.41, 5.74) is -1.78. The van der Waals surface area contributed by atoms with Crippen LogP contribution >= 0.6 is 0 Å². The van der Waals surface area contributed by atoms with Gasteiger partial charge in [0, 0.05) is 5.69 Å². The molecular weight excluding hydrogens is 404 g/mol. The highest BCUT2D eigenvalue weighted by Gasteiger charge is 2.37. The first kappa shape index (κ1) is 20.9. The summed E-state index contributed by atoms with van der Waals surface area (Å²) in [5, 5.41) is 6.12. The van der Waals surface area contributed by atoms with Gasteiger partial charge in [-0.3, -0.25) is 9.82 Å². The first-order chi connectivity index (χ1) is 12.2. The van der Waals surface area contributed by atoms with Crippen molar-refractivity contribution in [1.29, 1.82) is 0 Å². The highest BCUT2D eigenvalue weighted by atomic mass is 32.2. The minimum atomic E-state index is -5.07. The van der Waals surface area contributed by atoms with Crippen molar-refractivity contribution >= 4 is 15.7 Å². The topological polar surface area (TPSA) is 84.1 Å². The molecule has 0 aliphatic carbocycles. The molecule has 2 aromatic rings. The highest BCUT2D eigenvalue weighted by molar-refractivity contribution is 7.92. The van der Waals surface area contributed by atoms with Gasteiger partial charge in [-0.1, -0.05) is 0 Å². The Kier molecular flexibility index (Phi) is 5.37. The van der Waals surface area contributed by atoms with Crippen LogP contribution in [-0.2, 0) is 16.2 Å². The molecule has 13 heteroatoms. The number of aromatic amines is 1. The van der Waals surface area contributed by atoms with Crippen molar-refractivity contribution in [2.75, 3.05) is 11.3 Å². The number of benzene rings is 1. The van der Waals surface area contributed by atoms with Gasteiger partial charge in [-0.25, -0.2) is 8.42 Å². The van der Waals surface area contributed by atoms with Crippen molar-refractivity contribution in [3.63, 3.8) is 0 Å². The van der Waals surface area contributed by atoms with Crippen molar-refractivity contribution in [2.45, 2.75) is 31.1 Å². The van der Waals surface area contributed by atoms with Gasteiger partial charge in [0.05, 0.1) is 17.0 Å². The maximum absolute atomic E-state index is 13.1. The number of hydrogen-bond donors (Lipinski definition) is 2. The number of ether oxygens (including phenoxy) is 1. The van der Waals surface area contributed by atoms with Crippen LogP contribution in [0, 0.1) is 13.8 Å². The average Bonchev–Trinajstić information content (AvgIpc) is 2.83. The molecule has 2 rings (SSSR count). The number of alkyl halides is 6. The molecule has 0 fully saturated rings. The number of rotatable bonds is 5. The van der Waals surface area contributed by atoms with Crippen LogP contribution in [0.5, 0.6) is 5.75 Å². The zero-order chi connectivity index (χ0) is 20.6. The van der Waals surface area contributed by atoms with Crippen LogP contribution in [0.4, 0.5) is 32.0 Å². The molecule has 27 heavy (non-hydrogen) atoms. The molecule has 0 aliphatic rings. The van der Waals surface area contributed by atoms with Gasteiger partial charge in [0.15, 0.2) is 6.61 Å². The molecule has 0 atom stereocenters. The zero-order valence-corrected chi connectivity index (χ0v) is 14.6. The number of nitrogens with one attached hydrogen (secondary N) is 2. The van der Waals surface area contributed by atoms with E-state index in [-0.39, 0.29) is 16.3 Å². The SMILES string of the molecule is Cc1n[nH]c(C)c1S(=O)(=O)Nc1ccc(OCC(F)(F)F)c(C(F)(F)F)c1. The lowest BCUT2D eigenvalue weighted by Gasteiger charge is -2.17. The monoisotopic (exact) mass is 417 g/mol. The van der Waals surface area contributed by atoms with Crippen molar-refractivity contribution in [2.24, 2.45) is 0 Å². The maximum atomic E-state index is 13.1. The summed E-state index contributed by atoms with van der Waals surface area (Å²) in [7, 11) is -4.27. The van der Waals surface area contributed by atoms with Crippen LogP contribution in [0.25, 0.3) is 0 Å². The summed E-state index contributed by atoms with van der Waals surface area (Å²) in [6, 6.07) is 1.83. The Balaban J connectivity index is 2.39. The zero-order valence-electron chi connectivity index (χ0n) is 13.8.